The molecule has 1 aromatic heterocycles. The minimum absolute atomic E-state index is 0.0994. The summed E-state index contributed by atoms with van der Waals surface area (Å²) in [4.78, 5) is 4.10. The number of anilines is 1. The van der Waals surface area contributed by atoms with E-state index in [-0.39, 0.29) is 10.7 Å². The number of nitrogens with one attached hydrogen (secondary N) is 1. The van der Waals surface area contributed by atoms with Gasteiger partial charge in [-0.15, -0.1) is 0 Å². The molecule has 0 bridgehead atoms. The fourth-order valence-corrected chi connectivity index (χ4v) is 2.94. The molecule has 0 fully saturated rings. The van der Waals surface area contributed by atoms with Crippen LogP contribution in [0.3, 0.4) is 0 Å². The Kier molecular flexibility index (Phi) is 4.13. The van der Waals surface area contributed by atoms with E-state index in [9.17, 15) is 8.42 Å². The van der Waals surface area contributed by atoms with Gasteiger partial charge in [0, 0.05) is 15.7 Å². The fourth-order valence-electron chi connectivity index (χ4n) is 1.43. The molecule has 2 rings (SSSR count). The summed E-state index contributed by atoms with van der Waals surface area (Å²) < 4.78 is 27.5. The highest BCUT2D eigenvalue weighted by Gasteiger charge is 2.15. The number of aromatic nitrogens is 1. The van der Waals surface area contributed by atoms with Crippen LogP contribution in [0.25, 0.3) is 0 Å². The van der Waals surface area contributed by atoms with Crippen LogP contribution in [0.4, 0.5) is 5.82 Å². The van der Waals surface area contributed by atoms with Gasteiger partial charge in [-0.1, -0.05) is 17.7 Å². The Hall–Kier alpha value is -1.11. The summed E-state index contributed by atoms with van der Waals surface area (Å²) in [5, 5.41) is 0.364. The lowest BCUT2D eigenvalue weighted by Crippen LogP contribution is -2.14. The van der Waals surface area contributed by atoms with E-state index in [0.29, 0.717) is 5.02 Å². The second-order valence-corrected chi connectivity index (χ2v) is 6.85. The van der Waals surface area contributed by atoms with Gasteiger partial charge in [-0.3, -0.25) is 4.72 Å². The average Bonchev–Trinajstić information content (AvgIpc) is 2.33. The van der Waals surface area contributed by atoms with Crippen LogP contribution in [-0.4, -0.2) is 13.4 Å². The molecule has 19 heavy (non-hydrogen) atoms. The molecule has 4 nitrogen and oxygen atoms in total. The molecule has 0 radical (unpaired) electrons. The molecule has 0 atom stereocenters. The third-order valence-corrected chi connectivity index (χ3v) is 4.81. The predicted molar refractivity (Wildman–Crippen MR) is 78.9 cm³/mol. The van der Waals surface area contributed by atoms with Crippen molar-refractivity contribution in [3.63, 3.8) is 0 Å². The smallest absolute Gasteiger partial charge is 0.263 e. The third kappa shape index (κ3) is 3.46. The van der Waals surface area contributed by atoms with Crippen LogP contribution in [0, 0.1) is 6.92 Å². The van der Waals surface area contributed by atoms with Crippen molar-refractivity contribution in [1.29, 1.82) is 0 Å². The summed E-state index contributed by atoms with van der Waals surface area (Å²) in [5.74, 6) is 0.265. The third-order valence-electron chi connectivity index (χ3n) is 2.39. The molecular weight excluding hydrogens is 352 g/mol. The van der Waals surface area contributed by atoms with Crippen LogP contribution in [0.2, 0.25) is 5.02 Å². The van der Waals surface area contributed by atoms with Crippen LogP contribution in [0.5, 0.6) is 0 Å². The van der Waals surface area contributed by atoms with Crippen molar-refractivity contribution in [2.45, 2.75) is 11.8 Å². The Balaban J connectivity index is 2.33. The van der Waals surface area contributed by atoms with E-state index >= 15 is 0 Å². The first-order valence-electron chi connectivity index (χ1n) is 5.29. The van der Waals surface area contributed by atoms with Gasteiger partial charge in [-0.25, -0.2) is 13.4 Å². The molecule has 1 aromatic carbocycles. The van der Waals surface area contributed by atoms with Crippen LogP contribution < -0.4 is 4.72 Å². The van der Waals surface area contributed by atoms with Crippen molar-refractivity contribution in [3.05, 3.63) is 51.6 Å². The second kappa shape index (κ2) is 5.48. The number of benzene rings is 1. The maximum atomic E-state index is 12.1. The summed E-state index contributed by atoms with van der Waals surface area (Å²) in [6, 6.07) is 7.70. The Labute approximate surface area is 125 Å². The van der Waals surface area contributed by atoms with Crippen LogP contribution in [-0.2, 0) is 10.0 Å². The number of hydrogen-bond acceptors (Lipinski definition) is 3. The molecule has 0 saturated heterocycles. The molecule has 0 spiro atoms. The molecule has 0 aliphatic rings. The largest absolute Gasteiger partial charge is 0.263 e. The zero-order valence-corrected chi connectivity index (χ0v) is 13.1. The topological polar surface area (TPSA) is 59.1 Å². The summed E-state index contributed by atoms with van der Waals surface area (Å²) in [7, 11) is -3.68. The van der Waals surface area contributed by atoms with Crippen molar-refractivity contribution in [2.24, 2.45) is 0 Å². The summed E-state index contributed by atoms with van der Waals surface area (Å²) in [5.41, 5.74) is 0.888. The zero-order valence-electron chi connectivity index (χ0n) is 9.89. The summed E-state index contributed by atoms with van der Waals surface area (Å²) >= 11 is 9.09. The normalized spacial score (nSPS) is 11.3. The first kappa shape index (κ1) is 14.3. The Bertz CT molecular complexity index is 719. The minimum atomic E-state index is -3.68. The van der Waals surface area contributed by atoms with Crippen LogP contribution in [0.15, 0.2) is 45.9 Å². The van der Waals surface area contributed by atoms with Crippen LogP contribution >= 0.6 is 27.5 Å². The van der Waals surface area contributed by atoms with E-state index in [4.69, 9.17) is 11.6 Å². The van der Waals surface area contributed by atoms with E-state index in [0.717, 1.165) is 10.0 Å². The molecule has 2 aromatic rings. The van der Waals surface area contributed by atoms with E-state index < -0.39 is 10.0 Å². The number of aryl methyl sites for hydroxylation is 1. The van der Waals surface area contributed by atoms with E-state index in [1.807, 2.05) is 6.92 Å². The lowest BCUT2D eigenvalue weighted by Gasteiger charge is -2.08. The zero-order chi connectivity index (χ0) is 14.0. The minimum Gasteiger partial charge on any atom is -0.263 e. The predicted octanol–water partition coefficient (Wildman–Crippen LogP) is 3.61. The molecule has 100 valence electrons. The van der Waals surface area contributed by atoms with E-state index in [1.54, 1.807) is 24.4 Å². The summed E-state index contributed by atoms with van der Waals surface area (Å²) in [6.45, 7) is 1.85. The SMILES string of the molecule is Cc1cc(NS(=O)(=O)c2cccc(Cl)c2)ncc1Br. The maximum absolute atomic E-state index is 12.1. The van der Waals surface area contributed by atoms with E-state index in [2.05, 4.69) is 25.6 Å². The van der Waals surface area contributed by atoms with Gasteiger partial charge in [0.05, 0.1) is 4.90 Å². The lowest BCUT2D eigenvalue weighted by atomic mass is 10.3. The number of hydrogen-bond donors (Lipinski definition) is 1. The molecule has 0 aliphatic heterocycles. The van der Waals surface area contributed by atoms with Crippen molar-refractivity contribution < 1.29 is 8.42 Å². The molecule has 0 saturated carbocycles. The van der Waals surface area contributed by atoms with Gasteiger partial charge in [-0.05, 0) is 52.7 Å². The first-order chi connectivity index (χ1) is 8.88. The van der Waals surface area contributed by atoms with Crippen molar-refractivity contribution in [1.82, 2.24) is 4.98 Å². The van der Waals surface area contributed by atoms with Crippen molar-refractivity contribution >= 4 is 43.4 Å². The highest BCUT2D eigenvalue weighted by molar-refractivity contribution is 9.10. The van der Waals surface area contributed by atoms with Gasteiger partial charge in [-0.2, -0.15) is 0 Å². The van der Waals surface area contributed by atoms with E-state index in [1.165, 1.54) is 12.1 Å². The number of nitrogens with zero attached hydrogens (tertiary/aromatic N) is 1. The molecule has 0 aliphatic carbocycles. The Morgan fingerprint density at radius 2 is 2.05 bits per heavy atom. The molecule has 0 amide bonds. The first-order valence-corrected chi connectivity index (χ1v) is 7.94. The van der Waals surface area contributed by atoms with Gasteiger partial charge < -0.3 is 0 Å². The Morgan fingerprint density at radius 3 is 2.68 bits per heavy atom. The summed E-state index contributed by atoms with van der Waals surface area (Å²) in [6.07, 6.45) is 1.55. The molecular formula is C12H10BrClN2O2S. The van der Waals surface area contributed by atoms with Gasteiger partial charge in [0.1, 0.15) is 5.82 Å². The van der Waals surface area contributed by atoms with Gasteiger partial charge in [0.2, 0.25) is 0 Å². The van der Waals surface area contributed by atoms with Gasteiger partial charge >= 0.3 is 0 Å². The van der Waals surface area contributed by atoms with Gasteiger partial charge in [0.25, 0.3) is 10.0 Å². The van der Waals surface area contributed by atoms with Gasteiger partial charge in [0.15, 0.2) is 0 Å². The highest BCUT2D eigenvalue weighted by atomic mass is 79.9. The maximum Gasteiger partial charge on any atom is 0.263 e. The highest BCUT2D eigenvalue weighted by Crippen LogP contribution is 2.21. The van der Waals surface area contributed by atoms with Crippen molar-refractivity contribution in [2.75, 3.05) is 4.72 Å². The molecule has 1 heterocycles. The standard InChI is InChI=1S/C12H10BrClN2O2S/c1-8-5-12(15-7-11(8)13)16-19(17,18)10-4-2-3-9(14)6-10/h2-7H,1H3,(H,15,16). The Morgan fingerprint density at radius 1 is 1.32 bits per heavy atom. The quantitative estimate of drug-likeness (QED) is 0.908. The lowest BCUT2D eigenvalue weighted by molar-refractivity contribution is 0.601. The molecule has 0 unspecified atom stereocenters. The molecule has 7 heteroatoms. The number of rotatable bonds is 3. The number of pyridine rings is 1. The second-order valence-electron chi connectivity index (χ2n) is 3.88. The van der Waals surface area contributed by atoms with Crippen LogP contribution in [0.1, 0.15) is 5.56 Å². The number of sulfonamides is 1. The van der Waals surface area contributed by atoms with Crippen molar-refractivity contribution in [3.8, 4) is 0 Å². The monoisotopic (exact) mass is 360 g/mol. The fraction of sp³-hybridized carbons (Fsp3) is 0.0833. The average molecular weight is 362 g/mol. The number of halogens is 2. The molecule has 1 N–H and O–H groups in total.